The molecule has 1 fully saturated rings. The normalized spacial score (nSPS) is 15.2. The molecule has 0 amide bonds. The van der Waals surface area contributed by atoms with Crippen molar-refractivity contribution in [2.24, 2.45) is 5.92 Å². The lowest BCUT2D eigenvalue weighted by molar-refractivity contribution is 0.103. The van der Waals surface area contributed by atoms with Gasteiger partial charge in [0, 0.05) is 22.7 Å². The first-order valence-corrected chi connectivity index (χ1v) is 15.4. The molecule has 4 rings (SSSR count). The number of unbranched alkanes of at least 4 members (excludes halogenated alkanes) is 4. The highest BCUT2D eigenvalue weighted by Crippen LogP contribution is 2.28. The van der Waals surface area contributed by atoms with Crippen molar-refractivity contribution < 1.29 is 14.6 Å². The maximum Gasteiger partial charge on any atom is 0.194 e. The molecule has 0 saturated carbocycles. The average molecular weight is 583 g/mol. The molecule has 1 N–H and O–H groups in total. The Morgan fingerprint density at radius 2 is 1.73 bits per heavy atom. The van der Waals surface area contributed by atoms with E-state index < -0.39 is 0 Å². The van der Waals surface area contributed by atoms with Gasteiger partial charge in [-0.05, 0) is 91.9 Å². The average Bonchev–Trinajstić information content (AvgIpc) is 2.97. The Bertz CT molecular complexity index is 1220. The molecule has 0 aliphatic carbocycles. The van der Waals surface area contributed by atoms with Gasteiger partial charge in [-0.2, -0.15) is 0 Å². The number of nitrogens with zero attached hydrogens (tertiary/aromatic N) is 1. The molecule has 40 heavy (non-hydrogen) atoms. The van der Waals surface area contributed by atoms with E-state index in [4.69, 9.17) is 27.9 Å². The summed E-state index contributed by atoms with van der Waals surface area (Å²) in [5.41, 5.74) is 3.30. The van der Waals surface area contributed by atoms with Crippen molar-refractivity contribution in [3.8, 4) is 5.75 Å². The fourth-order valence-electron chi connectivity index (χ4n) is 5.32. The summed E-state index contributed by atoms with van der Waals surface area (Å²) in [7, 11) is 0. The van der Waals surface area contributed by atoms with Crippen LogP contribution in [0, 0.1) is 5.92 Å². The quantitative estimate of drug-likeness (QED) is 0.152. The van der Waals surface area contributed by atoms with Crippen LogP contribution in [-0.4, -0.2) is 35.5 Å². The number of ether oxygens (including phenoxy) is 1. The van der Waals surface area contributed by atoms with Gasteiger partial charge in [0.05, 0.1) is 17.7 Å². The summed E-state index contributed by atoms with van der Waals surface area (Å²) in [4.78, 5) is 15.3. The molecule has 3 aromatic rings. The molecule has 0 radical (unpaired) electrons. The number of rotatable bonds is 14. The molecule has 1 aliphatic rings. The van der Waals surface area contributed by atoms with Gasteiger partial charge in [-0.1, -0.05) is 86.5 Å². The number of hydrogen-bond acceptors (Lipinski definition) is 4. The van der Waals surface area contributed by atoms with E-state index >= 15 is 0 Å². The highest BCUT2D eigenvalue weighted by atomic mass is 35.5. The van der Waals surface area contributed by atoms with Crippen LogP contribution >= 0.6 is 23.2 Å². The lowest BCUT2D eigenvalue weighted by Crippen LogP contribution is -2.35. The first-order chi connectivity index (χ1) is 19.4. The minimum absolute atomic E-state index is 0.136. The van der Waals surface area contributed by atoms with Crippen LogP contribution in [0.4, 0.5) is 0 Å². The lowest BCUT2D eigenvalue weighted by atomic mass is 9.96. The molecular formula is C34H41Cl2NO3. The van der Waals surface area contributed by atoms with E-state index in [-0.39, 0.29) is 11.9 Å². The van der Waals surface area contributed by atoms with Crippen LogP contribution in [0.25, 0.3) is 0 Å². The Morgan fingerprint density at radius 1 is 0.975 bits per heavy atom. The molecular weight excluding hydrogens is 541 g/mol. The molecule has 0 aromatic heterocycles. The summed E-state index contributed by atoms with van der Waals surface area (Å²) < 4.78 is 6.07. The predicted molar refractivity (Wildman–Crippen MR) is 165 cm³/mol. The molecule has 1 saturated heterocycles. The van der Waals surface area contributed by atoms with Gasteiger partial charge in [0.1, 0.15) is 5.75 Å². The van der Waals surface area contributed by atoms with E-state index in [1.54, 1.807) is 36.4 Å². The number of halogens is 2. The molecule has 0 unspecified atom stereocenters. The minimum atomic E-state index is -0.373. The Hall–Kier alpha value is -2.37. The van der Waals surface area contributed by atoms with E-state index in [1.807, 2.05) is 6.07 Å². The van der Waals surface area contributed by atoms with Crippen LogP contribution in [-0.2, 0) is 6.54 Å². The van der Waals surface area contributed by atoms with Crippen LogP contribution in [0.3, 0.4) is 0 Å². The number of likely N-dealkylation sites (tertiary alicyclic amines) is 1. The van der Waals surface area contributed by atoms with E-state index in [2.05, 4.69) is 36.1 Å². The number of hydrogen-bond donors (Lipinski definition) is 1. The first-order valence-electron chi connectivity index (χ1n) is 14.6. The summed E-state index contributed by atoms with van der Waals surface area (Å²) >= 11 is 12.4. The van der Waals surface area contributed by atoms with E-state index in [0.29, 0.717) is 39.4 Å². The Kier molecular flexibility index (Phi) is 11.9. The van der Waals surface area contributed by atoms with Crippen molar-refractivity contribution in [1.29, 1.82) is 0 Å². The van der Waals surface area contributed by atoms with Crippen LogP contribution < -0.4 is 4.74 Å². The third-order valence-electron chi connectivity index (χ3n) is 7.81. The van der Waals surface area contributed by atoms with Crippen LogP contribution in [0.5, 0.6) is 5.75 Å². The third-order valence-corrected chi connectivity index (χ3v) is 8.37. The summed E-state index contributed by atoms with van der Waals surface area (Å²) in [6, 6.07) is 20.5. The maximum absolute atomic E-state index is 12.8. The summed E-state index contributed by atoms with van der Waals surface area (Å²) in [5, 5.41) is 11.6. The van der Waals surface area contributed by atoms with Crippen LogP contribution in [0.15, 0.2) is 66.7 Å². The predicted octanol–water partition coefficient (Wildman–Crippen LogP) is 8.91. The number of carbonyl (C=O) groups is 1. The molecule has 1 atom stereocenters. The summed E-state index contributed by atoms with van der Waals surface area (Å²) in [5.74, 6) is 1.02. The standard InChI is InChI=1S/C34H41Cl2NO3/c1-2-3-4-5-6-10-33(38)28-9-7-8-26(21-28)23-37-19-17-25(18-20-37)24-40-30-15-16-31(32(36)22-30)34(39)27-11-13-29(35)14-12-27/h7-9,11-16,21-22,25,33,38H,2-6,10,17-20,23-24H2,1H3/t33-/m0/s1. The summed E-state index contributed by atoms with van der Waals surface area (Å²) in [6.45, 7) is 5.81. The van der Waals surface area contributed by atoms with Gasteiger partial charge in [-0.25, -0.2) is 0 Å². The van der Waals surface area contributed by atoms with Crippen molar-refractivity contribution in [2.75, 3.05) is 19.7 Å². The summed E-state index contributed by atoms with van der Waals surface area (Å²) in [6.07, 6.45) is 8.67. The Morgan fingerprint density at radius 3 is 2.45 bits per heavy atom. The van der Waals surface area contributed by atoms with Crippen molar-refractivity contribution in [3.05, 3.63) is 99.0 Å². The lowest BCUT2D eigenvalue weighted by Gasteiger charge is -2.32. The number of aliphatic hydroxyl groups excluding tert-OH is 1. The van der Waals surface area contributed by atoms with Gasteiger partial charge in [0.15, 0.2) is 5.78 Å². The molecule has 3 aromatic carbocycles. The zero-order valence-corrected chi connectivity index (χ0v) is 25.0. The van der Waals surface area contributed by atoms with Crippen molar-refractivity contribution in [3.63, 3.8) is 0 Å². The number of carbonyl (C=O) groups excluding carboxylic acids is 1. The second kappa shape index (κ2) is 15.6. The SMILES string of the molecule is CCCCCCC[C@H](O)c1cccc(CN2CCC(COc3ccc(C(=O)c4ccc(Cl)cc4)c(Cl)c3)CC2)c1. The van der Waals surface area contributed by atoms with Gasteiger partial charge in [0.2, 0.25) is 0 Å². The van der Waals surface area contributed by atoms with Crippen molar-refractivity contribution >= 4 is 29.0 Å². The minimum Gasteiger partial charge on any atom is -0.493 e. The van der Waals surface area contributed by atoms with E-state index in [9.17, 15) is 9.90 Å². The molecule has 4 nitrogen and oxygen atoms in total. The molecule has 0 spiro atoms. The number of aliphatic hydroxyl groups is 1. The molecule has 214 valence electrons. The third kappa shape index (κ3) is 9.07. The van der Waals surface area contributed by atoms with Crippen LogP contribution in [0.1, 0.15) is 91.4 Å². The second-order valence-electron chi connectivity index (χ2n) is 11.0. The van der Waals surface area contributed by atoms with Gasteiger partial charge < -0.3 is 9.84 Å². The highest BCUT2D eigenvalue weighted by Gasteiger charge is 2.21. The zero-order valence-electron chi connectivity index (χ0n) is 23.5. The fourth-order valence-corrected chi connectivity index (χ4v) is 5.70. The van der Waals surface area contributed by atoms with E-state index in [0.717, 1.165) is 50.9 Å². The molecule has 6 heteroatoms. The zero-order chi connectivity index (χ0) is 28.3. The van der Waals surface area contributed by atoms with Crippen LogP contribution in [0.2, 0.25) is 10.0 Å². The molecule has 1 aliphatic heterocycles. The monoisotopic (exact) mass is 581 g/mol. The number of benzene rings is 3. The van der Waals surface area contributed by atoms with Crippen molar-refractivity contribution in [1.82, 2.24) is 4.90 Å². The molecule has 0 bridgehead atoms. The largest absolute Gasteiger partial charge is 0.493 e. The maximum atomic E-state index is 12.8. The fraction of sp³-hybridized carbons (Fsp3) is 0.441. The van der Waals surface area contributed by atoms with Gasteiger partial charge in [0.25, 0.3) is 0 Å². The smallest absolute Gasteiger partial charge is 0.194 e. The Balaban J connectivity index is 1.20. The number of ketones is 1. The number of piperidine rings is 1. The van der Waals surface area contributed by atoms with Gasteiger partial charge in [-0.15, -0.1) is 0 Å². The van der Waals surface area contributed by atoms with Gasteiger partial charge in [-0.3, -0.25) is 9.69 Å². The van der Waals surface area contributed by atoms with E-state index in [1.165, 1.54) is 31.2 Å². The van der Waals surface area contributed by atoms with Gasteiger partial charge >= 0.3 is 0 Å². The Labute approximate surface area is 249 Å². The highest BCUT2D eigenvalue weighted by molar-refractivity contribution is 6.35. The topological polar surface area (TPSA) is 49.8 Å². The van der Waals surface area contributed by atoms with Crippen molar-refractivity contribution in [2.45, 2.75) is 70.9 Å². The molecule has 1 heterocycles. The second-order valence-corrected chi connectivity index (χ2v) is 11.8. The first kappa shape index (κ1) is 30.6.